The molecule has 2 aromatic carbocycles. The van der Waals surface area contributed by atoms with Crippen LogP contribution >= 0.6 is 0 Å². The Kier molecular flexibility index (Phi) is 7.01. The van der Waals surface area contributed by atoms with Crippen molar-refractivity contribution in [2.24, 2.45) is 0 Å². The maximum absolute atomic E-state index is 13.5. The van der Waals surface area contributed by atoms with Gasteiger partial charge in [0.05, 0.1) is 30.5 Å². The molecule has 202 valence electrons. The molecule has 2 saturated heterocycles. The fourth-order valence-corrected chi connectivity index (χ4v) is 5.69. The Morgan fingerprint density at radius 2 is 1.82 bits per heavy atom. The van der Waals surface area contributed by atoms with Crippen LogP contribution in [-0.4, -0.2) is 71.9 Å². The van der Waals surface area contributed by atoms with Gasteiger partial charge in [0, 0.05) is 23.5 Å². The van der Waals surface area contributed by atoms with E-state index >= 15 is 0 Å². The average molecular weight is 527 g/mol. The van der Waals surface area contributed by atoms with Gasteiger partial charge in [0.2, 0.25) is 5.82 Å². The summed E-state index contributed by atoms with van der Waals surface area (Å²) in [4.78, 5) is 27.7. The number of carbonyl (C=O) groups is 1. The molecular formula is C30H34N6O3. The van der Waals surface area contributed by atoms with Gasteiger partial charge in [-0.15, -0.1) is 0 Å². The molecule has 9 heteroatoms. The lowest BCUT2D eigenvalue weighted by atomic mass is 10.0. The fourth-order valence-electron chi connectivity index (χ4n) is 5.69. The van der Waals surface area contributed by atoms with Gasteiger partial charge in [-0.25, -0.2) is 9.97 Å². The van der Waals surface area contributed by atoms with Crippen molar-refractivity contribution < 1.29 is 14.1 Å². The molecule has 1 N–H and O–H groups in total. The lowest BCUT2D eigenvalue weighted by Gasteiger charge is -2.37. The third-order valence-electron chi connectivity index (χ3n) is 7.84. The summed E-state index contributed by atoms with van der Waals surface area (Å²) in [5.74, 6) is 1.46. The molecule has 0 aliphatic carbocycles. The molecule has 2 aromatic heterocycles. The van der Waals surface area contributed by atoms with E-state index in [0.29, 0.717) is 19.8 Å². The maximum atomic E-state index is 13.5. The highest BCUT2D eigenvalue weighted by atomic mass is 16.5. The van der Waals surface area contributed by atoms with Gasteiger partial charge in [-0.05, 0) is 70.1 Å². The third-order valence-corrected chi connectivity index (χ3v) is 7.84. The fraction of sp³-hybridized carbons (Fsp3) is 0.400. The van der Waals surface area contributed by atoms with E-state index in [1.54, 1.807) is 0 Å². The lowest BCUT2D eigenvalue weighted by molar-refractivity contribution is 0.0904. The number of anilines is 1. The summed E-state index contributed by atoms with van der Waals surface area (Å²) in [6.45, 7) is 7.55. The van der Waals surface area contributed by atoms with Crippen LogP contribution < -0.4 is 10.2 Å². The van der Waals surface area contributed by atoms with Crippen LogP contribution in [0.2, 0.25) is 0 Å². The van der Waals surface area contributed by atoms with Gasteiger partial charge in [0.25, 0.3) is 5.91 Å². The standard InChI is InChI=1S/C30H34N6O3/c1-19-27(20(2)39-34-19)22-9-10-25-24(17-22)29(36-15-16-38-18-26(36)21-7-5-4-6-8-21)33-28(32-25)30(37)31-23-11-13-35(3)14-12-23/h4-10,17,23,26H,11-16,18H2,1-3H3,(H,31,37). The molecule has 0 radical (unpaired) electrons. The molecule has 4 heterocycles. The van der Waals surface area contributed by atoms with Crippen LogP contribution in [0.3, 0.4) is 0 Å². The van der Waals surface area contributed by atoms with E-state index in [-0.39, 0.29) is 23.8 Å². The number of ether oxygens (including phenoxy) is 1. The van der Waals surface area contributed by atoms with Gasteiger partial charge in [-0.3, -0.25) is 4.79 Å². The van der Waals surface area contributed by atoms with E-state index in [0.717, 1.165) is 70.8 Å². The molecule has 2 fully saturated rings. The number of nitrogens with one attached hydrogen (secondary N) is 1. The first-order chi connectivity index (χ1) is 19.0. The summed E-state index contributed by atoms with van der Waals surface area (Å²) < 4.78 is 11.4. The second kappa shape index (κ2) is 10.7. The number of carbonyl (C=O) groups excluding carboxylic acids is 1. The molecule has 4 aromatic rings. The van der Waals surface area contributed by atoms with Gasteiger partial charge in [-0.2, -0.15) is 0 Å². The van der Waals surface area contributed by atoms with Crippen LogP contribution in [0, 0.1) is 13.8 Å². The Morgan fingerprint density at radius 1 is 1.03 bits per heavy atom. The number of hydrogen-bond acceptors (Lipinski definition) is 8. The molecule has 0 bridgehead atoms. The summed E-state index contributed by atoms with van der Waals surface area (Å²) in [7, 11) is 2.11. The van der Waals surface area contributed by atoms with E-state index in [9.17, 15) is 4.79 Å². The molecule has 2 aliphatic rings. The number of rotatable bonds is 5. The summed E-state index contributed by atoms with van der Waals surface area (Å²) >= 11 is 0. The van der Waals surface area contributed by atoms with E-state index < -0.39 is 0 Å². The molecular weight excluding hydrogens is 492 g/mol. The van der Waals surface area contributed by atoms with Gasteiger partial charge in [0.1, 0.15) is 11.6 Å². The number of hydrogen-bond donors (Lipinski definition) is 1. The largest absolute Gasteiger partial charge is 0.377 e. The normalized spacial score (nSPS) is 18.9. The first-order valence-corrected chi connectivity index (χ1v) is 13.6. The Hall–Kier alpha value is -3.82. The average Bonchev–Trinajstić information content (AvgIpc) is 3.31. The minimum absolute atomic E-state index is 0.0365. The van der Waals surface area contributed by atoms with Crippen LogP contribution in [0.4, 0.5) is 5.82 Å². The van der Waals surface area contributed by atoms with Crippen LogP contribution in [0.25, 0.3) is 22.0 Å². The molecule has 1 unspecified atom stereocenters. The molecule has 0 spiro atoms. The smallest absolute Gasteiger partial charge is 0.289 e. The number of fused-ring (bicyclic) bond motifs is 1. The topological polar surface area (TPSA) is 96.6 Å². The van der Waals surface area contributed by atoms with Gasteiger partial charge in [-0.1, -0.05) is 41.6 Å². The van der Waals surface area contributed by atoms with E-state index in [2.05, 4.69) is 45.5 Å². The Balaban J connectivity index is 1.45. The predicted molar refractivity (Wildman–Crippen MR) is 150 cm³/mol. The van der Waals surface area contributed by atoms with Crippen molar-refractivity contribution in [3.8, 4) is 11.1 Å². The number of piperidine rings is 1. The highest BCUT2D eigenvalue weighted by molar-refractivity contribution is 5.98. The second-order valence-electron chi connectivity index (χ2n) is 10.5. The van der Waals surface area contributed by atoms with Crippen molar-refractivity contribution in [3.63, 3.8) is 0 Å². The zero-order chi connectivity index (χ0) is 26.9. The highest BCUT2D eigenvalue weighted by Gasteiger charge is 2.29. The van der Waals surface area contributed by atoms with E-state index in [1.807, 2.05) is 44.2 Å². The Morgan fingerprint density at radius 3 is 2.56 bits per heavy atom. The minimum atomic E-state index is -0.230. The molecule has 1 amide bonds. The molecule has 1 atom stereocenters. The third kappa shape index (κ3) is 5.12. The summed E-state index contributed by atoms with van der Waals surface area (Å²) in [6, 6.07) is 16.5. The van der Waals surface area contributed by atoms with Crippen molar-refractivity contribution in [1.82, 2.24) is 25.3 Å². The number of amides is 1. The monoisotopic (exact) mass is 526 g/mol. The zero-order valence-corrected chi connectivity index (χ0v) is 22.7. The zero-order valence-electron chi connectivity index (χ0n) is 22.7. The summed E-state index contributed by atoms with van der Waals surface area (Å²) in [5.41, 5.74) is 4.65. The number of likely N-dealkylation sites (tertiary alicyclic amines) is 1. The van der Waals surface area contributed by atoms with E-state index in [4.69, 9.17) is 19.2 Å². The van der Waals surface area contributed by atoms with Crippen LogP contribution in [0.5, 0.6) is 0 Å². The molecule has 0 saturated carbocycles. The van der Waals surface area contributed by atoms with Gasteiger partial charge >= 0.3 is 0 Å². The number of morpholine rings is 1. The van der Waals surface area contributed by atoms with Crippen LogP contribution in [0.1, 0.15) is 46.5 Å². The first-order valence-electron chi connectivity index (χ1n) is 13.6. The molecule has 39 heavy (non-hydrogen) atoms. The number of nitrogens with zero attached hydrogens (tertiary/aromatic N) is 5. The highest BCUT2D eigenvalue weighted by Crippen LogP contribution is 2.36. The molecule has 9 nitrogen and oxygen atoms in total. The maximum Gasteiger partial charge on any atom is 0.289 e. The van der Waals surface area contributed by atoms with Crippen molar-refractivity contribution >= 4 is 22.6 Å². The van der Waals surface area contributed by atoms with Gasteiger partial charge < -0.3 is 24.4 Å². The van der Waals surface area contributed by atoms with E-state index in [1.165, 1.54) is 0 Å². The quantitative estimate of drug-likeness (QED) is 0.411. The van der Waals surface area contributed by atoms with Crippen molar-refractivity contribution in [3.05, 3.63) is 71.4 Å². The number of aryl methyl sites for hydroxylation is 2. The SMILES string of the molecule is Cc1noc(C)c1-c1ccc2nc(C(=O)NC3CCN(C)CC3)nc(N3CCOCC3c3ccccc3)c2c1. The first kappa shape index (κ1) is 25.5. The van der Waals surface area contributed by atoms with Crippen molar-refractivity contribution in [2.45, 2.75) is 38.8 Å². The Bertz CT molecular complexity index is 1460. The summed E-state index contributed by atoms with van der Waals surface area (Å²) in [6.07, 6.45) is 1.84. The lowest BCUT2D eigenvalue weighted by Crippen LogP contribution is -2.44. The Labute approximate surface area is 228 Å². The predicted octanol–water partition coefficient (Wildman–Crippen LogP) is 4.30. The van der Waals surface area contributed by atoms with Gasteiger partial charge in [0.15, 0.2) is 0 Å². The summed E-state index contributed by atoms with van der Waals surface area (Å²) in [5, 5.41) is 8.21. The number of aromatic nitrogens is 3. The molecule has 2 aliphatic heterocycles. The number of benzene rings is 2. The van der Waals surface area contributed by atoms with Crippen molar-refractivity contribution in [1.29, 1.82) is 0 Å². The second-order valence-corrected chi connectivity index (χ2v) is 10.5. The van der Waals surface area contributed by atoms with Crippen LogP contribution in [0.15, 0.2) is 53.1 Å². The molecule has 6 rings (SSSR count). The minimum Gasteiger partial charge on any atom is -0.377 e. The van der Waals surface area contributed by atoms with Crippen LogP contribution in [-0.2, 0) is 4.74 Å². The van der Waals surface area contributed by atoms with Crippen molar-refractivity contribution in [2.75, 3.05) is 44.8 Å².